The van der Waals surface area contributed by atoms with Crippen LogP contribution in [0.25, 0.3) is 10.9 Å². The number of hydrogen-bond acceptors (Lipinski definition) is 7. The van der Waals surface area contributed by atoms with Gasteiger partial charge >= 0.3 is 18.2 Å². The number of aryl methyl sites for hydroxylation is 1. The van der Waals surface area contributed by atoms with Crippen molar-refractivity contribution in [3.8, 4) is 5.75 Å². The van der Waals surface area contributed by atoms with Gasteiger partial charge in [-0.15, -0.1) is 0 Å². The lowest BCUT2D eigenvalue weighted by Gasteiger charge is -2.35. The second kappa shape index (κ2) is 13.3. The number of hydrogen-bond donors (Lipinski definition) is 1. The summed E-state index contributed by atoms with van der Waals surface area (Å²) >= 11 is 0. The molecule has 1 saturated heterocycles. The molecule has 1 N–H and O–H groups in total. The third-order valence-corrected chi connectivity index (χ3v) is 6.40. The van der Waals surface area contributed by atoms with Crippen molar-refractivity contribution in [3.63, 3.8) is 0 Å². The Hall–Kier alpha value is -3.75. The predicted octanol–water partition coefficient (Wildman–Crippen LogP) is 4.24. The van der Waals surface area contributed by atoms with Crippen molar-refractivity contribution in [2.45, 2.75) is 18.8 Å². The van der Waals surface area contributed by atoms with E-state index in [1.54, 1.807) is 0 Å². The average Bonchev–Trinajstić information content (AvgIpc) is 3.20. The van der Waals surface area contributed by atoms with E-state index >= 15 is 0 Å². The maximum Gasteiger partial charge on any atom is 0.491 e. The molecule has 2 heterocycles. The summed E-state index contributed by atoms with van der Waals surface area (Å²) in [5.41, 5.74) is 1.47. The van der Waals surface area contributed by atoms with Gasteiger partial charge in [-0.1, -0.05) is 30.3 Å². The fourth-order valence-corrected chi connectivity index (χ4v) is 4.49. The van der Waals surface area contributed by atoms with Crippen LogP contribution >= 0.6 is 0 Å². The second-order valence-corrected chi connectivity index (χ2v) is 9.12. The molecule has 222 valence electrons. The van der Waals surface area contributed by atoms with Crippen LogP contribution in [0.15, 0.2) is 42.5 Å². The van der Waals surface area contributed by atoms with E-state index < -0.39 is 35.9 Å². The predicted molar refractivity (Wildman–Crippen MR) is 135 cm³/mol. The van der Waals surface area contributed by atoms with Gasteiger partial charge in [0, 0.05) is 38.1 Å². The molecule has 0 aliphatic carbocycles. The largest absolute Gasteiger partial charge is 0.491 e. The zero-order chi connectivity index (χ0) is 29.6. The summed E-state index contributed by atoms with van der Waals surface area (Å²) in [6.45, 7) is 1.21. The highest BCUT2D eigenvalue weighted by Crippen LogP contribution is 2.40. The molecule has 4 rings (SSSR count). The van der Waals surface area contributed by atoms with E-state index in [9.17, 15) is 31.5 Å². The molecule has 0 bridgehead atoms. The van der Waals surface area contributed by atoms with Gasteiger partial charge in [0.25, 0.3) is 0 Å². The lowest BCUT2D eigenvalue weighted by Crippen LogP contribution is -2.50. The van der Waals surface area contributed by atoms with Crippen LogP contribution in [0.3, 0.4) is 0 Å². The van der Waals surface area contributed by atoms with E-state index in [1.807, 2.05) is 30.3 Å². The van der Waals surface area contributed by atoms with E-state index in [0.717, 1.165) is 22.6 Å². The Morgan fingerprint density at radius 3 is 2.41 bits per heavy atom. The van der Waals surface area contributed by atoms with Crippen LogP contribution in [-0.2, 0) is 32.7 Å². The van der Waals surface area contributed by atoms with Crippen LogP contribution in [0.1, 0.15) is 17.3 Å². The second-order valence-electron chi connectivity index (χ2n) is 9.12. The minimum absolute atomic E-state index is 0.0268. The van der Waals surface area contributed by atoms with Gasteiger partial charge in [0.1, 0.15) is 12.4 Å². The summed E-state index contributed by atoms with van der Waals surface area (Å²) in [6.07, 6.45) is -6.87. The van der Waals surface area contributed by atoms with Crippen molar-refractivity contribution in [3.05, 3.63) is 65.4 Å². The molecule has 2 aromatic carbocycles. The van der Waals surface area contributed by atoms with Gasteiger partial charge in [0.05, 0.1) is 43.7 Å². The molecule has 9 nitrogen and oxygen atoms in total. The molecular formula is C27H28F5N3O6. The molecule has 41 heavy (non-hydrogen) atoms. The maximum atomic E-state index is 14.2. The van der Waals surface area contributed by atoms with Gasteiger partial charge in [-0.05, 0) is 11.6 Å². The molecule has 14 heteroatoms. The van der Waals surface area contributed by atoms with Crippen molar-refractivity contribution in [1.82, 2.24) is 14.8 Å². The Labute approximate surface area is 231 Å². The molecule has 1 aliphatic rings. The molecule has 1 aromatic heterocycles. The van der Waals surface area contributed by atoms with Crippen molar-refractivity contribution >= 4 is 23.0 Å². The van der Waals surface area contributed by atoms with Crippen LogP contribution in [0, 0.1) is 11.6 Å². The number of halogens is 5. The summed E-state index contributed by atoms with van der Waals surface area (Å²) < 4.78 is 89.1. The standard InChI is InChI=1S/C27H28F5N3O6/c1-34-21-14-20(29)19(28)13-18(21)24(40-12-11-38-9-10-39-16-17-5-3-2-4-6-17)23(34)22-15-33-7-8-35(22)26(37)41-25(36)27(30,31)32/h2-6,13-14,22,33H,7-12,15-16H2,1H3. The molecule has 1 fully saturated rings. The highest BCUT2D eigenvalue weighted by atomic mass is 19.4. The monoisotopic (exact) mass is 585 g/mol. The van der Waals surface area contributed by atoms with E-state index in [1.165, 1.54) is 11.6 Å². The number of fused-ring (bicyclic) bond motifs is 1. The number of esters is 1. The van der Waals surface area contributed by atoms with Crippen molar-refractivity contribution in [2.24, 2.45) is 7.05 Å². The SMILES string of the molecule is Cn1c(C2CNCCN2C(=O)OC(=O)C(F)(F)F)c(OCCOCCOCc2ccccc2)c2cc(F)c(F)cc21. The fraction of sp³-hybridized carbons (Fsp3) is 0.407. The molecule has 1 amide bonds. The molecule has 3 aromatic rings. The van der Waals surface area contributed by atoms with Crippen LogP contribution < -0.4 is 10.1 Å². The number of nitrogens with zero attached hydrogens (tertiary/aromatic N) is 2. The first-order valence-electron chi connectivity index (χ1n) is 12.7. The molecule has 0 saturated carbocycles. The van der Waals surface area contributed by atoms with Gasteiger partial charge < -0.3 is 28.8 Å². The van der Waals surface area contributed by atoms with E-state index in [-0.39, 0.29) is 61.8 Å². The van der Waals surface area contributed by atoms with Crippen molar-refractivity contribution < 1.29 is 50.5 Å². The number of benzene rings is 2. The van der Waals surface area contributed by atoms with Crippen LogP contribution in [0.2, 0.25) is 0 Å². The summed E-state index contributed by atoms with van der Waals surface area (Å²) in [4.78, 5) is 24.9. The maximum absolute atomic E-state index is 14.2. The van der Waals surface area contributed by atoms with Crippen LogP contribution in [0.4, 0.5) is 26.7 Å². The number of carbonyl (C=O) groups is 2. The van der Waals surface area contributed by atoms with Gasteiger partial charge in [0.2, 0.25) is 0 Å². The first-order chi connectivity index (χ1) is 19.6. The molecule has 1 atom stereocenters. The third kappa shape index (κ3) is 7.31. The lowest BCUT2D eigenvalue weighted by atomic mass is 10.1. The molecule has 1 aliphatic heterocycles. The zero-order valence-electron chi connectivity index (χ0n) is 22.0. The zero-order valence-corrected chi connectivity index (χ0v) is 22.0. The topological polar surface area (TPSA) is 91.3 Å². The summed E-state index contributed by atoms with van der Waals surface area (Å²) in [5.74, 6) is -4.83. The number of carbonyl (C=O) groups excluding carboxylic acids is 2. The first kappa shape index (κ1) is 30.2. The Balaban J connectivity index is 1.48. The Kier molecular flexibility index (Phi) is 9.78. The van der Waals surface area contributed by atoms with Crippen molar-refractivity contribution in [2.75, 3.05) is 46.1 Å². The van der Waals surface area contributed by atoms with Gasteiger partial charge in [-0.2, -0.15) is 13.2 Å². The quantitative estimate of drug-likeness (QED) is 0.165. The summed E-state index contributed by atoms with van der Waals surface area (Å²) in [5, 5.41) is 3.20. The molecule has 0 radical (unpaired) electrons. The Bertz CT molecular complexity index is 1370. The number of piperazine rings is 1. The molecule has 1 unspecified atom stereocenters. The number of rotatable bonds is 10. The van der Waals surface area contributed by atoms with Crippen LogP contribution in [0.5, 0.6) is 5.75 Å². The number of aromatic nitrogens is 1. The minimum Gasteiger partial charge on any atom is -0.489 e. The number of alkyl halides is 3. The Morgan fingerprint density at radius 1 is 1.00 bits per heavy atom. The molecule has 0 spiro atoms. The average molecular weight is 586 g/mol. The van der Waals surface area contributed by atoms with Crippen molar-refractivity contribution in [1.29, 1.82) is 0 Å². The van der Waals surface area contributed by atoms with E-state index in [2.05, 4.69) is 10.1 Å². The number of nitrogens with one attached hydrogen (secondary N) is 1. The van der Waals surface area contributed by atoms with E-state index in [4.69, 9.17) is 14.2 Å². The number of amides is 1. The summed E-state index contributed by atoms with van der Waals surface area (Å²) in [6, 6.07) is 10.5. The number of ether oxygens (including phenoxy) is 4. The lowest BCUT2D eigenvalue weighted by molar-refractivity contribution is -0.194. The smallest absolute Gasteiger partial charge is 0.489 e. The van der Waals surface area contributed by atoms with Crippen LogP contribution in [-0.4, -0.2) is 73.8 Å². The minimum atomic E-state index is -5.37. The van der Waals surface area contributed by atoms with Gasteiger partial charge in [-0.3, -0.25) is 4.90 Å². The Morgan fingerprint density at radius 2 is 1.68 bits per heavy atom. The first-order valence-corrected chi connectivity index (χ1v) is 12.7. The molecular weight excluding hydrogens is 557 g/mol. The van der Waals surface area contributed by atoms with Gasteiger partial charge in [0.15, 0.2) is 11.6 Å². The highest BCUT2D eigenvalue weighted by molar-refractivity contribution is 5.90. The highest BCUT2D eigenvalue weighted by Gasteiger charge is 2.44. The van der Waals surface area contributed by atoms with Gasteiger partial charge in [-0.25, -0.2) is 18.4 Å². The third-order valence-electron chi connectivity index (χ3n) is 6.40. The normalized spacial score (nSPS) is 15.8. The fourth-order valence-electron chi connectivity index (χ4n) is 4.49. The van der Waals surface area contributed by atoms with E-state index in [0.29, 0.717) is 13.2 Å². The summed E-state index contributed by atoms with van der Waals surface area (Å²) in [7, 11) is 1.52.